The first-order chi connectivity index (χ1) is 22.7. The minimum absolute atomic E-state index is 0.166. The monoisotopic (exact) mass is 612 g/mol. The summed E-state index contributed by atoms with van der Waals surface area (Å²) in [4.78, 5) is 23.5. The molecule has 2 N–H and O–H groups in total. The van der Waals surface area contributed by atoms with E-state index in [1.807, 2.05) is 58.7 Å². The molecule has 0 unspecified atom stereocenters. The third-order valence-electron chi connectivity index (χ3n) is 9.63. The van der Waals surface area contributed by atoms with E-state index in [0.29, 0.717) is 24.7 Å². The van der Waals surface area contributed by atoms with Crippen LogP contribution >= 0.6 is 0 Å². The zero-order valence-corrected chi connectivity index (χ0v) is 25.6. The minimum Gasteiger partial charge on any atom is -0.346 e. The highest BCUT2D eigenvalue weighted by molar-refractivity contribution is 5.90. The van der Waals surface area contributed by atoms with Crippen LogP contribution in [0.25, 0.3) is 44.6 Å². The van der Waals surface area contributed by atoms with Crippen LogP contribution in [-0.4, -0.2) is 49.5 Å². The average molecular weight is 613 g/mol. The van der Waals surface area contributed by atoms with Crippen molar-refractivity contribution < 1.29 is 0 Å². The molecule has 2 aliphatic carbocycles. The number of nitrogens with one attached hydrogen (secondary N) is 2. The van der Waals surface area contributed by atoms with E-state index in [1.54, 1.807) is 12.7 Å². The van der Waals surface area contributed by atoms with Gasteiger partial charge in [0.25, 0.3) is 0 Å². The molecule has 12 nitrogen and oxygen atoms in total. The molecule has 46 heavy (non-hydrogen) atoms. The molecule has 0 spiro atoms. The van der Waals surface area contributed by atoms with Crippen LogP contribution in [-0.2, 0) is 0 Å². The van der Waals surface area contributed by atoms with Gasteiger partial charge in [0.1, 0.15) is 23.9 Å². The molecule has 6 aromatic rings. The van der Waals surface area contributed by atoms with E-state index in [4.69, 9.17) is 0 Å². The van der Waals surface area contributed by atoms with Gasteiger partial charge in [0.2, 0.25) is 0 Å². The van der Waals surface area contributed by atoms with Gasteiger partial charge in [-0.3, -0.25) is 9.36 Å². The van der Waals surface area contributed by atoms with E-state index >= 15 is 0 Å². The highest BCUT2D eigenvalue weighted by atomic mass is 15.3. The fourth-order valence-electron chi connectivity index (χ4n) is 7.31. The summed E-state index contributed by atoms with van der Waals surface area (Å²) in [6.45, 7) is 0. The molecule has 232 valence electrons. The standard InChI is InChI=1S/2C17H18N6/c2*18-7-5-15(12-3-1-2-4-12)23-10-13(9-22-23)16-14-6-8-19-17(14)21-11-20-16/h2*6,8-12,15H,1-5H2,(H,19,20,21)/t2*15-/m00/s1. The number of fused-ring (bicyclic) bond motifs is 2. The van der Waals surface area contributed by atoms with Crippen molar-refractivity contribution in [1.82, 2.24) is 49.5 Å². The fourth-order valence-corrected chi connectivity index (χ4v) is 7.31. The van der Waals surface area contributed by atoms with Crippen LogP contribution in [0, 0.1) is 34.5 Å². The Bertz CT molecular complexity index is 1840. The number of nitrogens with zero attached hydrogens (tertiary/aromatic N) is 10. The Hall–Kier alpha value is -5.36. The fraction of sp³-hybridized carbons (Fsp3) is 0.412. The van der Waals surface area contributed by atoms with Crippen LogP contribution in [0.2, 0.25) is 0 Å². The van der Waals surface area contributed by atoms with Crippen molar-refractivity contribution in [2.24, 2.45) is 11.8 Å². The molecule has 6 heterocycles. The molecule has 2 atom stereocenters. The number of H-pyrrole nitrogens is 2. The zero-order valence-electron chi connectivity index (χ0n) is 25.6. The predicted octanol–water partition coefficient (Wildman–Crippen LogP) is 6.93. The minimum atomic E-state index is 0.166. The van der Waals surface area contributed by atoms with Gasteiger partial charge in [-0.1, -0.05) is 25.7 Å². The van der Waals surface area contributed by atoms with E-state index in [9.17, 15) is 10.5 Å². The molecule has 2 saturated carbocycles. The molecule has 0 saturated heterocycles. The zero-order chi connectivity index (χ0) is 31.3. The van der Waals surface area contributed by atoms with Crippen LogP contribution < -0.4 is 0 Å². The molecule has 6 aromatic heterocycles. The van der Waals surface area contributed by atoms with E-state index in [2.05, 4.69) is 52.2 Å². The summed E-state index contributed by atoms with van der Waals surface area (Å²) in [5, 5.41) is 29.4. The molecule has 12 heteroatoms. The lowest BCUT2D eigenvalue weighted by Crippen LogP contribution is -2.17. The third-order valence-corrected chi connectivity index (χ3v) is 9.63. The summed E-state index contributed by atoms with van der Waals surface area (Å²) < 4.78 is 3.93. The molecule has 0 bridgehead atoms. The SMILES string of the molecule is N#CC[C@@H](C1CCCC1)n1cc(-c2ncnc3[nH]ccc23)cn1.N#CC[C@@H](C1CCCC1)n1cc(-c2ncnc3[nH]ccc23)cn1. The normalized spacial score (nSPS) is 16.7. The number of rotatable bonds is 8. The van der Waals surface area contributed by atoms with Crippen LogP contribution in [0.4, 0.5) is 0 Å². The lowest BCUT2D eigenvalue weighted by molar-refractivity contribution is 0.315. The highest BCUT2D eigenvalue weighted by Gasteiger charge is 2.28. The van der Waals surface area contributed by atoms with Gasteiger partial charge in [-0.2, -0.15) is 20.7 Å². The van der Waals surface area contributed by atoms with Crippen LogP contribution in [0.5, 0.6) is 0 Å². The first kappa shape index (κ1) is 29.4. The molecule has 8 rings (SSSR count). The topological polar surface area (TPSA) is 166 Å². The summed E-state index contributed by atoms with van der Waals surface area (Å²) >= 11 is 0. The Kier molecular flexibility index (Phi) is 8.51. The molecule has 0 amide bonds. The van der Waals surface area contributed by atoms with Gasteiger partial charge < -0.3 is 9.97 Å². The number of aromatic amines is 2. The van der Waals surface area contributed by atoms with Crippen molar-refractivity contribution in [3.63, 3.8) is 0 Å². The molecular weight excluding hydrogens is 576 g/mol. The van der Waals surface area contributed by atoms with Crippen molar-refractivity contribution in [3.8, 4) is 34.7 Å². The smallest absolute Gasteiger partial charge is 0.141 e. The summed E-state index contributed by atoms with van der Waals surface area (Å²) in [6, 6.07) is 8.94. The first-order valence-electron chi connectivity index (χ1n) is 16.1. The first-order valence-corrected chi connectivity index (χ1v) is 16.1. The predicted molar refractivity (Wildman–Crippen MR) is 173 cm³/mol. The Morgan fingerprint density at radius 2 is 1.11 bits per heavy atom. The second-order valence-corrected chi connectivity index (χ2v) is 12.3. The average Bonchev–Trinajstić information content (AvgIpc) is 3.94. The maximum atomic E-state index is 9.18. The number of nitriles is 2. The molecule has 2 fully saturated rings. The van der Waals surface area contributed by atoms with Gasteiger partial charge in [0.05, 0.1) is 60.8 Å². The Balaban J connectivity index is 0.000000147. The second kappa shape index (κ2) is 13.3. The van der Waals surface area contributed by atoms with Gasteiger partial charge >= 0.3 is 0 Å². The summed E-state index contributed by atoms with van der Waals surface area (Å²) in [7, 11) is 0. The molecule has 0 radical (unpaired) electrons. The Labute approximate surface area is 266 Å². The number of hydrogen-bond acceptors (Lipinski definition) is 8. The maximum Gasteiger partial charge on any atom is 0.141 e. The van der Waals surface area contributed by atoms with E-state index in [1.165, 1.54) is 51.4 Å². The van der Waals surface area contributed by atoms with Gasteiger partial charge in [0, 0.05) is 46.7 Å². The number of hydrogen-bond donors (Lipinski definition) is 2. The summed E-state index contributed by atoms with van der Waals surface area (Å²) in [5.41, 5.74) is 5.35. The molecule has 0 aliphatic heterocycles. The van der Waals surface area contributed by atoms with Crippen molar-refractivity contribution >= 4 is 22.1 Å². The van der Waals surface area contributed by atoms with Gasteiger partial charge in [-0.25, -0.2) is 19.9 Å². The summed E-state index contributed by atoms with van der Waals surface area (Å²) in [5.74, 6) is 1.11. The highest BCUT2D eigenvalue weighted by Crippen LogP contribution is 2.38. The van der Waals surface area contributed by atoms with Crippen molar-refractivity contribution in [1.29, 1.82) is 10.5 Å². The Morgan fingerprint density at radius 1 is 0.674 bits per heavy atom. The van der Waals surface area contributed by atoms with Gasteiger partial charge in [0.15, 0.2) is 0 Å². The molecule has 2 aliphatic rings. The van der Waals surface area contributed by atoms with Crippen LogP contribution in [0.1, 0.15) is 76.3 Å². The Morgan fingerprint density at radius 3 is 1.52 bits per heavy atom. The maximum absolute atomic E-state index is 9.18. The third kappa shape index (κ3) is 5.86. The van der Waals surface area contributed by atoms with Gasteiger partial charge in [-0.05, 0) is 49.7 Å². The van der Waals surface area contributed by atoms with Crippen molar-refractivity contribution in [3.05, 3.63) is 62.0 Å². The quantitative estimate of drug-likeness (QED) is 0.186. The largest absolute Gasteiger partial charge is 0.346 e. The van der Waals surface area contributed by atoms with E-state index < -0.39 is 0 Å². The van der Waals surface area contributed by atoms with Gasteiger partial charge in [-0.15, -0.1) is 0 Å². The van der Waals surface area contributed by atoms with E-state index in [0.717, 1.165) is 44.6 Å². The molecule has 0 aromatic carbocycles. The van der Waals surface area contributed by atoms with Crippen molar-refractivity contribution in [2.45, 2.75) is 76.3 Å². The van der Waals surface area contributed by atoms with Crippen molar-refractivity contribution in [2.75, 3.05) is 0 Å². The molecular formula is C34H36N12. The lowest BCUT2D eigenvalue weighted by Gasteiger charge is -2.21. The lowest BCUT2D eigenvalue weighted by atomic mass is 9.96. The van der Waals surface area contributed by atoms with Crippen LogP contribution in [0.15, 0.2) is 62.0 Å². The number of aromatic nitrogens is 10. The summed E-state index contributed by atoms with van der Waals surface area (Å²) in [6.07, 6.45) is 25.4. The second-order valence-electron chi connectivity index (χ2n) is 12.3. The van der Waals surface area contributed by atoms with Crippen LogP contribution in [0.3, 0.4) is 0 Å². The van der Waals surface area contributed by atoms with E-state index in [-0.39, 0.29) is 12.1 Å².